The summed E-state index contributed by atoms with van der Waals surface area (Å²) in [5.41, 5.74) is 0.873. The first-order valence-corrected chi connectivity index (χ1v) is 8.88. The summed E-state index contributed by atoms with van der Waals surface area (Å²) in [7, 11) is 0. The van der Waals surface area contributed by atoms with Crippen LogP contribution in [-0.4, -0.2) is 43.2 Å². The first kappa shape index (κ1) is 17.3. The van der Waals surface area contributed by atoms with E-state index in [9.17, 15) is 14.0 Å². The Morgan fingerprint density at radius 2 is 2.00 bits per heavy atom. The van der Waals surface area contributed by atoms with Gasteiger partial charge in [-0.3, -0.25) is 9.69 Å². The van der Waals surface area contributed by atoms with Gasteiger partial charge in [-0.2, -0.15) is 0 Å². The van der Waals surface area contributed by atoms with Crippen molar-refractivity contribution in [1.29, 1.82) is 0 Å². The number of benzene rings is 1. The van der Waals surface area contributed by atoms with Gasteiger partial charge < -0.3 is 15.0 Å². The minimum Gasteiger partial charge on any atom is -0.447 e. The molecule has 1 N–H and O–H groups in total. The van der Waals surface area contributed by atoms with Gasteiger partial charge in [-0.25, -0.2) is 14.2 Å². The normalized spacial score (nSPS) is 16.6. The van der Waals surface area contributed by atoms with E-state index < -0.39 is 17.8 Å². The van der Waals surface area contributed by atoms with Crippen LogP contribution in [0, 0.1) is 5.82 Å². The van der Waals surface area contributed by atoms with Gasteiger partial charge in [-0.1, -0.05) is 0 Å². The molecule has 0 spiro atoms. The predicted molar refractivity (Wildman–Crippen MR) is 98.7 cm³/mol. The van der Waals surface area contributed by atoms with Crippen molar-refractivity contribution < 1.29 is 18.7 Å². The molecule has 2 aliphatic heterocycles. The first-order valence-electron chi connectivity index (χ1n) is 8.88. The summed E-state index contributed by atoms with van der Waals surface area (Å²) >= 11 is 0. The Morgan fingerprint density at radius 3 is 2.74 bits per heavy atom. The second kappa shape index (κ2) is 7.22. The lowest BCUT2D eigenvalue weighted by atomic mass is 10.2. The minimum atomic E-state index is -0.578. The lowest BCUT2D eigenvalue weighted by Crippen LogP contribution is -2.25. The van der Waals surface area contributed by atoms with Gasteiger partial charge in [0, 0.05) is 25.0 Å². The maximum Gasteiger partial charge on any atom is 0.414 e. The minimum absolute atomic E-state index is 0.00780. The van der Waals surface area contributed by atoms with Crippen LogP contribution in [0.15, 0.2) is 36.5 Å². The summed E-state index contributed by atoms with van der Waals surface area (Å²) in [6.45, 7) is 2.36. The van der Waals surface area contributed by atoms with Crippen molar-refractivity contribution in [2.75, 3.05) is 41.4 Å². The highest BCUT2D eigenvalue weighted by Crippen LogP contribution is 2.27. The maximum atomic E-state index is 14.3. The van der Waals surface area contributed by atoms with E-state index in [2.05, 4.69) is 15.2 Å². The zero-order chi connectivity index (χ0) is 18.8. The van der Waals surface area contributed by atoms with E-state index in [4.69, 9.17) is 4.74 Å². The van der Waals surface area contributed by atoms with Crippen molar-refractivity contribution in [3.63, 3.8) is 0 Å². The predicted octanol–water partition coefficient (Wildman–Crippen LogP) is 3.03. The Labute approximate surface area is 155 Å². The molecule has 27 heavy (non-hydrogen) atoms. The number of hydrogen-bond acceptors (Lipinski definition) is 5. The maximum absolute atomic E-state index is 14.3. The molecule has 0 unspecified atom stereocenters. The second-order valence-corrected chi connectivity index (χ2v) is 6.45. The summed E-state index contributed by atoms with van der Waals surface area (Å²) in [6, 6.07) is 7.50. The molecule has 2 aliphatic rings. The highest BCUT2D eigenvalue weighted by atomic mass is 19.1. The van der Waals surface area contributed by atoms with E-state index in [0.29, 0.717) is 23.6 Å². The smallest absolute Gasteiger partial charge is 0.414 e. The van der Waals surface area contributed by atoms with Gasteiger partial charge in [0.1, 0.15) is 18.2 Å². The molecule has 2 amide bonds. The molecule has 0 bridgehead atoms. The topological polar surface area (TPSA) is 74.8 Å². The van der Waals surface area contributed by atoms with Gasteiger partial charge in [0.2, 0.25) is 0 Å². The molecular formula is C19H19FN4O3. The van der Waals surface area contributed by atoms with Gasteiger partial charge >= 0.3 is 6.09 Å². The third kappa shape index (κ3) is 3.42. The number of halogens is 1. The SMILES string of the molecule is O=C(Nc1cc(N2CCOC2=O)ccc1F)c1cccnc1N1CCCC1. The van der Waals surface area contributed by atoms with Crippen LogP contribution in [0.25, 0.3) is 0 Å². The molecule has 0 aliphatic carbocycles. The molecule has 1 aromatic heterocycles. The molecule has 0 radical (unpaired) electrons. The average molecular weight is 370 g/mol. The quantitative estimate of drug-likeness (QED) is 0.895. The largest absolute Gasteiger partial charge is 0.447 e. The van der Waals surface area contributed by atoms with Crippen LogP contribution in [0.3, 0.4) is 0 Å². The van der Waals surface area contributed by atoms with E-state index in [-0.39, 0.29) is 12.3 Å². The van der Waals surface area contributed by atoms with Crippen molar-refractivity contribution >= 4 is 29.2 Å². The lowest BCUT2D eigenvalue weighted by molar-refractivity contribution is 0.102. The highest BCUT2D eigenvalue weighted by molar-refractivity contribution is 6.08. The monoisotopic (exact) mass is 370 g/mol. The van der Waals surface area contributed by atoms with Crippen molar-refractivity contribution in [3.8, 4) is 0 Å². The fraction of sp³-hybridized carbons (Fsp3) is 0.316. The standard InChI is InChI=1S/C19H19FN4O3/c20-15-6-5-13(24-10-11-27-19(24)26)12-16(15)22-18(25)14-4-3-7-21-17(14)23-8-1-2-9-23/h3-7,12H,1-2,8-11H2,(H,22,25). The zero-order valence-corrected chi connectivity index (χ0v) is 14.7. The highest BCUT2D eigenvalue weighted by Gasteiger charge is 2.25. The number of ether oxygens (including phenoxy) is 1. The summed E-state index contributed by atoms with van der Waals surface area (Å²) < 4.78 is 19.2. The summed E-state index contributed by atoms with van der Waals surface area (Å²) in [6.07, 6.45) is 3.27. The van der Waals surface area contributed by atoms with Gasteiger partial charge in [0.25, 0.3) is 5.91 Å². The van der Waals surface area contributed by atoms with Crippen molar-refractivity contribution in [2.45, 2.75) is 12.8 Å². The van der Waals surface area contributed by atoms with Crippen LogP contribution in [0.2, 0.25) is 0 Å². The Bertz CT molecular complexity index is 883. The Morgan fingerprint density at radius 1 is 1.19 bits per heavy atom. The molecule has 4 rings (SSSR count). The number of nitrogens with zero attached hydrogens (tertiary/aromatic N) is 3. The number of amides is 2. The summed E-state index contributed by atoms with van der Waals surface area (Å²) in [4.78, 5) is 32.3. The van der Waals surface area contributed by atoms with E-state index in [1.807, 2.05) is 0 Å². The van der Waals surface area contributed by atoms with Crippen molar-refractivity contribution in [2.24, 2.45) is 0 Å². The number of anilines is 3. The third-order valence-corrected chi connectivity index (χ3v) is 4.71. The van der Waals surface area contributed by atoms with Crippen LogP contribution >= 0.6 is 0 Å². The Kier molecular flexibility index (Phi) is 4.62. The number of rotatable bonds is 4. The molecular weight excluding hydrogens is 351 g/mol. The Hall–Kier alpha value is -3.16. The fourth-order valence-corrected chi connectivity index (χ4v) is 3.35. The van der Waals surface area contributed by atoms with E-state index in [1.54, 1.807) is 18.3 Å². The molecule has 2 aromatic rings. The zero-order valence-electron chi connectivity index (χ0n) is 14.7. The Balaban J connectivity index is 1.59. The molecule has 7 nitrogen and oxygen atoms in total. The van der Waals surface area contributed by atoms with Crippen LogP contribution in [0.1, 0.15) is 23.2 Å². The molecule has 8 heteroatoms. The van der Waals surface area contributed by atoms with Gasteiger partial charge in [-0.15, -0.1) is 0 Å². The first-order chi connectivity index (χ1) is 13.1. The van der Waals surface area contributed by atoms with Crippen LogP contribution in [0.5, 0.6) is 0 Å². The molecule has 2 saturated heterocycles. The number of nitrogens with one attached hydrogen (secondary N) is 1. The molecule has 2 fully saturated rings. The summed E-state index contributed by atoms with van der Waals surface area (Å²) in [5.74, 6) is -0.413. The van der Waals surface area contributed by atoms with Crippen LogP contribution in [-0.2, 0) is 4.74 Å². The number of carbonyl (C=O) groups is 2. The number of pyridine rings is 1. The fourth-order valence-electron chi connectivity index (χ4n) is 3.35. The molecule has 1 aromatic carbocycles. The van der Waals surface area contributed by atoms with Gasteiger partial charge in [-0.05, 0) is 43.2 Å². The number of hydrogen-bond donors (Lipinski definition) is 1. The summed E-state index contributed by atoms with van der Waals surface area (Å²) in [5, 5.41) is 2.61. The molecule has 0 atom stereocenters. The second-order valence-electron chi connectivity index (χ2n) is 6.45. The van der Waals surface area contributed by atoms with Gasteiger partial charge in [0.05, 0.1) is 17.8 Å². The third-order valence-electron chi connectivity index (χ3n) is 4.71. The van der Waals surface area contributed by atoms with E-state index in [1.165, 1.54) is 23.1 Å². The molecule has 0 saturated carbocycles. The molecule has 3 heterocycles. The van der Waals surface area contributed by atoms with Crippen LogP contribution in [0.4, 0.5) is 26.4 Å². The van der Waals surface area contributed by atoms with Gasteiger partial charge in [0.15, 0.2) is 0 Å². The number of cyclic esters (lactones) is 1. The number of carbonyl (C=O) groups excluding carboxylic acids is 2. The van der Waals surface area contributed by atoms with Crippen molar-refractivity contribution in [1.82, 2.24) is 4.98 Å². The lowest BCUT2D eigenvalue weighted by Gasteiger charge is -2.20. The molecule has 140 valence electrons. The van der Waals surface area contributed by atoms with Crippen molar-refractivity contribution in [3.05, 3.63) is 47.9 Å². The van der Waals surface area contributed by atoms with E-state index >= 15 is 0 Å². The average Bonchev–Trinajstić information content (AvgIpc) is 3.35. The van der Waals surface area contributed by atoms with E-state index in [0.717, 1.165) is 25.9 Å². The van der Waals surface area contributed by atoms with Crippen LogP contribution < -0.4 is 15.1 Å². The number of aromatic nitrogens is 1.